The Morgan fingerprint density at radius 1 is 1.09 bits per heavy atom. The minimum Gasteiger partial charge on any atom is -0.495 e. The molecule has 6 heteroatoms. The molecule has 0 amide bonds. The molecule has 2 aromatic heterocycles. The van der Waals surface area contributed by atoms with E-state index < -0.39 is 0 Å². The lowest BCUT2D eigenvalue weighted by Crippen LogP contribution is -1.99. The van der Waals surface area contributed by atoms with Crippen molar-refractivity contribution in [3.8, 4) is 16.9 Å². The van der Waals surface area contributed by atoms with Crippen molar-refractivity contribution in [3.63, 3.8) is 0 Å². The summed E-state index contributed by atoms with van der Waals surface area (Å²) in [5, 5.41) is 0.775. The van der Waals surface area contributed by atoms with Crippen LogP contribution in [0.2, 0.25) is 0 Å². The van der Waals surface area contributed by atoms with Gasteiger partial charge in [0.1, 0.15) is 11.6 Å². The third-order valence-electron chi connectivity index (χ3n) is 3.79. The molecule has 0 bridgehead atoms. The molecule has 4 aromatic rings. The maximum Gasteiger partial charge on any atom is 0.325 e. The molecule has 0 aliphatic rings. The summed E-state index contributed by atoms with van der Waals surface area (Å²) in [5.41, 5.74) is 3.18. The Bertz CT molecular complexity index is 1080. The molecular weight excluding hydrogens is 297 g/mol. The van der Waals surface area contributed by atoms with Gasteiger partial charge in [-0.3, -0.25) is 4.98 Å². The Labute approximate surface area is 129 Å². The van der Waals surface area contributed by atoms with Crippen LogP contribution in [-0.2, 0) is 0 Å². The van der Waals surface area contributed by atoms with Crippen molar-refractivity contribution >= 4 is 22.1 Å². The molecule has 2 heterocycles. The predicted molar refractivity (Wildman–Crippen MR) is 86.2 cm³/mol. The molecule has 0 spiro atoms. The quantitative estimate of drug-likeness (QED) is 0.597. The Hall–Kier alpha value is -3.15. The van der Waals surface area contributed by atoms with E-state index in [-0.39, 0.29) is 11.5 Å². The van der Waals surface area contributed by atoms with Crippen LogP contribution in [0.5, 0.6) is 5.75 Å². The molecule has 0 radical (unpaired) electrons. The van der Waals surface area contributed by atoms with Crippen LogP contribution < -0.4 is 10.4 Å². The molecule has 4 rings (SSSR count). The number of ether oxygens (including phenoxy) is 1. The number of imidazole rings is 1. The van der Waals surface area contributed by atoms with Crippen LogP contribution in [0.4, 0.5) is 4.39 Å². The van der Waals surface area contributed by atoms with Crippen LogP contribution in [-0.4, -0.2) is 22.1 Å². The van der Waals surface area contributed by atoms with Crippen molar-refractivity contribution in [1.29, 1.82) is 0 Å². The van der Waals surface area contributed by atoms with Crippen molar-refractivity contribution in [2.45, 2.75) is 0 Å². The Kier molecular flexibility index (Phi) is 2.90. The van der Waals surface area contributed by atoms with E-state index in [4.69, 9.17) is 4.74 Å². The number of halogens is 1. The molecule has 5 nitrogen and oxygen atoms in total. The average molecular weight is 309 g/mol. The summed E-state index contributed by atoms with van der Waals surface area (Å²) in [4.78, 5) is 21.2. The Balaban J connectivity index is 2.03. The first kappa shape index (κ1) is 13.5. The molecule has 0 unspecified atom stereocenters. The molecule has 0 aliphatic carbocycles. The monoisotopic (exact) mass is 309 g/mol. The molecular formula is C17H12FN3O2. The molecule has 0 saturated heterocycles. The lowest BCUT2D eigenvalue weighted by atomic mass is 10.0. The second-order valence-corrected chi connectivity index (χ2v) is 5.18. The number of rotatable bonds is 2. The second-order valence-electron chi connectivity index (χ2n) is 5.18. The molecule has 2 aromatic carbocycles. The van der Waals surface area contributed by atoms with Gasteiger partial charge in [0.15, 0.2) is 5.65 Å². The van der Waals surface area contributed by atoms with E-state index in [1.807, 2.05) is 18.2 Å². The van der Waals surface area contributed by atoms with E-state index in [9.17, 15) is 9.18 Å². The Morgan fingerprint density at radius 2 is 1.87 bits per heavy atom. The van der Waals surface area contributed by atoms with Crippen molar-refractivity contribution in [2.75, 3.05) is 7.11 Å². The molecule has 23 heavy (non-hydrogen) atoms. The van der Waals surface area contributed by atoms with E-state index in [0.29, 0.717) is 22.4 Å². The zero-order valence-electron chi connectivity index (χ0n) is 12.2. The highest BCUT2D eigenvalue weighted by Crippen LogP contribution is 2.36. The van der Waals surface area contributed by atoms with Crippen LogP contribution >= 0.6 is 0 Å². The molecule has 114 valence electrons. The first-order valence-corrected chi connectivity index (χ1v) is 7.01. The lowest BCUT2D eigenvalue weighted by molar-refractivity contribution is 0.421. The Morgan fingerprint density at radius 3 is 2.61 bits per heavy atom. The van der Waals surface area contributed by atoms with Crippen molar-refractivity contribution in [2.24, 2.45) is 0 Å². The smallest absolute Gasteiger partial charge is 0.325 e. The van der Waals surface area contributed by atoms with Crippen LogP contribution in [0.3, 0.4) is 0 Å². The lowest BCUT2D eigenvalue weighted by Gasteiger charge is -2.12. The number of nitrogens with one attached hydrogen (secondary N) is 2. The number of pyridine rings is 1. The highest BCUT2D eigenvalue weighted by Gasteiger charge is 2.13. The number of benzene rings is 2. The molecule has 0 aliphatic heterocycles. The fraction of sp³-hybridized carbons (Fsp3) is 0.0588. The number of methoxy groups -OCH3 is 1. The van der Waals surface area contributed by atoms with Gasteiger partial charge >= 0.3 is 5.69 Å². The van der Waals surface area contributed by atoms with Crippen molar-refractivity contribution in [3.05, 3.63) is 58.8 Å². The minimum absolute atomic E-state index is 0.290. The SMILES string of the molecule is COc1c(-c2ccc(F)cc2)ccc2nc3[nH]c(=O)[nH]c3cc12. The van der Waals surface area contributed by atoms with E-state index in [0.717, 1.165) is 16.5 Å². The normalized spacial score (nSPS) is 11.2. The summed E-state index contributed by atoms with van der Waals surface area (Å²) in [5.74, 6) is 0.340. The van der Waals surface area contributed by atoms with Gasteiger partial charge in [-0.05, 0) is 35.9 Å². The van der Waals surface area contributed by atoms with Crippen LogP contribution in [0.1, 0.15) is 0 Å². The standard InChI is InChI=1S/C17H12FN3O2/c1-23-15-11(9-2-4-10(18)5-3-9)6-7-13-12(15)8-14-16(19-13)21-17(22)20-14/h2-8H,1H3,(H2,19,20,21,22). The van der Waals surface area contributed by atoms with Gasteiger partial charge in [0, 0.05) is 10.9 Å². The van der Waals surface area contributed by atoms with Gasteiger partial charge in [-0.1, -0.05) is 12.1 Å². The first-order chi connectivity index (χ1) is 11.2. The first-order valence-electron chi connectivity index (χ1n) is 7.01. The maximum atomic E-state index is 13.1. The number of aromatic amines is 2. The van der Waals surface area contributed by atoms with Crippen LogP contribution in [0, 0.1) is 5.82 Å². The van der Waals surface area contributed by atoms with E-state index in [1.54, 1.807) is 19.2 Å². The van der Waals surface area contributed by atoms with Gasteiger partial charge in [0.05, 0.1) is 18.1 Å². The number of fused-ring (bicyclic) bond motifs is 2. The fourth-order valence-electron chi connectivity index (χ4n) is 2.75. The summed E-state index contributed by atoms with van der Waals surface area (Å²) in [6.07, 6.45) is 0. The van der Waals surface area contributed by atoms with Gasteiger partial charge in [0.2, 0.25) is 0 Å². The van der Waals surface area contributed by atoms with Crippen LogP contribution in [0.15, 0.2) is 47.3 Å². The average Bonchev–Trinajstić information content (AvgIpc) is 2.91. The third kappa shape index (κ3) is 2.15. The van der Waals surface area contributed by atoms with Crippen molar-refractivity contribution in [1.82, 2.24) is 15.0 Å². The highest BCUT2D eigenvalue weighted by molar-refractivity contribution is 5.98. The minimum atomic E-state index is -0.305. The number of hydrogen-bond acceptors (Lipinski definition) is 3. The van der Waals surface area contributed by atoms with E-state index in [2.05, 4.69) is 15.0 Å². The second kappa shape index (κ2) is 4.95. The topological polar surface area (TPSA) is 70.8 Å². The van der Waals surface area contributed by atoms with Gasteiger partial charge in [0.25, 0.3) is 0 Å². The van der Waals surface area contributed by atoms with E-state index in [1.165, 1.54) is 12.1 Å². The number of nitrogens with zero attached hydrogens (tertiary/aromatic N) is 1. The zero-order valence-corrected chi connectivity index (χ0v) is 12.2. The number of aromatic nitrogens is 3. The number of hydrogen-bond donors (Lipinski definition) is 2. The summed E-state index contributed by atoms with van der Waals surface area (Å²) in [6, 6.07) is 11.8. The maximum absolute atomic E-state index is 13.1. The fourth-order valence-corrected chi connectivity index (χ4v) is 2.75. The molecule has 0 saturated carbocycles. The molecule has 2 N–H and O–H groups in total. The number of H-pyrrole nitrogens is 2. The summed E-state index contributed by atoms with van der Waals surface area (Å²) in [6.45, 7) is 0. The van der Waals surface area contributed by atoms with Gasteiger partial charge in [-0.2, -0.15) is 0 Å². The highest BCUT2D eigenvalue weighted by atomic mass is 19.1. The predicted octanol–water partition coefficient (Wildman–Crippen LogP) is 3.22. The zero-order chi connectivity index (χ0) is 16.0. The third-order valence-corrected chi connectivity index (χ3v) is 3.79. The van der Waals surface area contributed by atoms with Gasteiger partial charge < -0.3 is 9.72 Å². The van der Waals surface area contributed by atoms with Gasteiger partial charge in [-0.15, -0.1) is 0 Å². The largest absolute Gasteiger partial charge is 0.495 e. The molecule has 0 fully saturated rings. The molecule has 0 atom stereocenters. The van der Waals surface area contributed by atoms with Crippen LogP contribution in [0.25, 0.3) is 33.2 Å². The summed E-state index contributed by atoms with van der Waals surface area (Å²) in [7, 11) is 1.58. The summed E-state index contributed by atoms with van der Waals surface area (Å²) < 4.78 is 18.7. The summed E-state index contributed by atoms with van der Waals surface area (Å²) >= 11 is 0. The van der Waals surface area contributed by atoms with Crippen molar-refractivity contribution < 1.29 is 9.13 Å². The van der Waals surface area contributed by atoms with Gasteiger partial charge in [-0.25, -0.2) is 14.2 Å². The van der Waals surface area contributed by atoms with E-state index >= 15 is 0 Å².